The van der Waals surface area contributed by atoms with Gasteiger partial charge in [-0.1, -0.05) is 48.5 Å². The number of nitrogens with two attached hydrogens (primary N) is 1. The summed E-state index contributed by atoms with van der Waals surface area (Å²) >= 11 is 0. The Morgan fingerprint density at radius 2 is 1.69 bits per heavy atom. The fraction of sp³-hybridized carbons (Fsp3) is 0.333. The van der Waals surface area contributed by atoms with Crippen LogP contribution in [0, 0.1) is 5.41 Å². The minimum atomic E-state index is -0.293. The molecular formula is C30H34N4O. The number of piperidine rings is 1. The van der Waals surface area contributed by atoms with Gasteiger partial charge in [-0.3, -0.25) is 10.2 Å². The lowest BCUT2D eigenvalue weighted by Gasteiger charge is -2.41. The highest BCUT2D eigenvalue weighted by Gasteiger charge is 2.34. The van der Waals surface area contributed by atoms with E-state index in [2.05, 4.69) is 49.1 Å². The summed E-state index contributed by atoms with van der Waals surface area (Å²) in [5.41, 5.74) is 11.8. The van der Waals surface area contributed by atoms with Gasteiger partial charge in [0.15, 0.2) is 0 Å². The molecule has 5 nitrogen and oxygen atoms in total. The fourth-order valence-electron chi connectivity index (χ4n) is 5.79. The topological polar surface area (TPSA) is 73.4 Å². The first-order valence-corrected chi connectivity index (χ1v) is 12.6. The van der Waals surface area contributed by atoms with E-state index >= 15 is 0 Å². The second-order valence-electron chi connectivity index (χ2n) is 10.1. The van der Waals surface area contributed by atoms with Crippen molar-refractivity contribution in [1.82, 2.24) is 0 Å². The van der Waals surface area contributed by atoms with Crippen molar-refractivity contribution in [2.24, 2.45) is 5.73 Å². The normalized spacial score (nSPS) is 22.1. The summed E-state index contributed by atoms with van der Waals surface area (Å²) in [5, 5.41) is 7.80. The molecule has 2 heterocycles. The number of nitrogens with one attached hydrogen (secondary N) is 1. The SMILES string of the molecule is C[C@@H]1CCC[C@H](C)N1c1ccc(CN2C(=O)C(c3cccc(C(=N)N)c3)Cc3ccccc32)cc1. The lowest BCUT2D eigenvalue weighted by atomic mass is 9.85. The van der Waals surface area contributed by atoms with E-state index in [-0.39, 0.29) is 17.7 Å². The number of carbonyl (C=O) groups is 1. The number of nitrogens with zero attached hydrogens (tertiary/aromatic N) is 2. The molecule has 0 radical (unpaired) electrons. The second kappa shape index (κ2) is 9.57. The Bertz CT molecular complexity index is 1230. The molecule has 1 saturated heterocycles. The minimum absolute atomic E-state index is 0.0183. The molecule has 5 heteroatoms. The standard InChI is InChI=1S/C30H34N4O/c1-20-7-5-8-21(2)34(20)26-15-13-22(14-16-26)19-33-28-12-4-3-9-24(28)18-27(30(33)35)23-10-6-11-25(17-23)29(31)32/h3-4,6,9-17,20-21,27H,5,7-8,18-19H2,1-2H3,(H3,31,32)/t20-,21+,27?. The van der Waals surface area contributed by atoms with E-state index < -0.39 is 0 Å². The van der Waals surface area contributed by atoms with Crippen molar-refractivity contribution in [2.75, 3.05) is 9.80 Å². The van der Waals surface area contributed by atoms with Crippen LogP contribution in [0.2, 0.25) is 0 Å². The summed E-state index contributed by atoms with van der Waals surface area (Å²) in [5.74, 6) is -0.185. The van der Waals surface area contributed by atoms with Crippen LogP contribution >= 0.6 is 0 Å². The van der Waals surface area contributed by atoms with Crippen LogP contribution in [0.1, 0.15) is 61.3 Å². The van der Waals surface area contributed by atoms with Crippen molar-refractivity contribution in [2.45, 2.75) is 64.1 Å². The molecule has 1 amide bonds. The summed E-state index contributed by atoms with van der Waals surface area (Å²) in [7, 11) is 0. The van der Waals surface area contributed by atoms with Crippen molar-refractivity contribution < 1.29 is 4.79 Å². The third-order valence-electron chi connectivity index (χ3n) is 7.64. The van der Waals surface area contributed by atoms with Crippen LogP contribution in [0.15, 0.2) is 72.8 Å². The quantitative estimate of drug-likeness (QED) is 0.379. The maximum atomic E-state index is 13.8. The number of fused-ring (bicyclic) bond motifs is 1. The Morgan fingerprint density at radius 3 is 2.40 bits per heavy atom. The van der Waals surface area contributed by atoms with Gasteiger partial charge in [-0.15, -0.1) is 0 Å². The van der Waals surface area contributed by atoms with Crippen molar-refractivity contribution in [3.05, 3.63) is 95.1 Å². The van der Waals surface area contributed by atoms with Gasteiger partial charge in [0.1, 0.15) is 5.84 Å². The van der Waals surface area contributed by atoms with Gasteiger partial charge >= 0.3 is 0 Å². The van der Waals surface area contributed by atoms with E-state index in [0.717, 1.165) is 22.4 Å². The van der Waals surface area contributed by atoms with Gasteiger partial charge in [-0.05, 0) is 80.5 Å². The van der Waals surface area contributed by atoms with E-state index in [1.165, 1.54) is 24.9 Å². The molecule has 3 N–H and O–H groups in total. The molecular weight excluding hydrogens is 432 g/mol. The monoisotopic (exact) mass is 466 g/mol. The van der Waals surface area contributed by atoms with E-state index in [1.54, 1.807) is 0 Å². The molecule has 2 aliphatic heterocycles. The molecule has 35 heavy (non-hydrogen) atoms. The van der Waals surface area contributed by atoms with Gasteiger partial charge in [0, 0.05) is 29.0 Å². The summed E-state index contributed by atoms with van der Waals surface area (Å²) < 4.78 is 0. The van der Waals surface area contributed by atoms with Crippen LogP contribution in [0.25, 0.3) is 0 Å². The average Bonchev–Trinajstić information content (AvgIpc) is 2.86. The number of hydrogen-bond donors (Lipinski definition) is 2. The zero-order chi connectivity index (χ0) is 24.5. The van der Waals surface area contributed by atoms with Crippen molar-refractivity contribution in [3.8, 4) is 0 Å². The third kappa shape index (κ3) is 4.55. The predicted molar refractivity (Wildman–Crippen MR) is 143 cm³/mol. The molecule has 180 valence electrons. The fourth-order valence-corrected chi connectivity index (χ4v) is 5.79. The van der Waals surface area contributed by atoms with Crippen LogP contribution in [0.5, 0.6) is 0 Å². The highest BCUT2D eigenvalue weighted by atomic mass is 16.2. The molecule has 2 aliphatic rings. The van der Waals surface area contributed by atoms with Crippen LogP contribution in [0.3, 0.4) is 0 Å². The maximum Gasteiger partial charge on any atom is 0.235 e. The number of carbonyl (C=O) groups excluding carboxylic acids is 1. The number of rotatable bonds is 5. The van der Waals surface area contributed by atoms with Gasteiger partial charge in [0.05, 0.1) is 12.5 Å². The molecule has 0 bridgehead atoms. The Morgan fingerprint density at radius 1 is 0.971 bits per heavy atom. The average molecular weight is 467 g/mol. The molecule has 1 fully saturated rings. The van der Waals surface area contributed by atoms with Crippen molar-refractivity contribution >= 4 is 23.1 Å². The highest BCUT2D eigenvalue weighted by molar-refractivity contribution is 6.01. The Balaban J connectivity index is 1.43. The molecule has 0 saturated carbocycles. The second-order valence-corrected chi connectivity index (χ2v) is 10.1. The molecule has 0 aromatic heterocycles. The molecule has 5 rings (SSSR count). The maximum absolute atomic E-state index is 13.8. The predicted octanol–water partition coefficient (Wildman–Crippen LogP) is 5.61. The van der Waals surface area contributed by atoms with E-state index in [1.807, 2.05) is 47.4 Å². The number of anilines is 2. The van der Waals surface area contributed by atoms with E-state index in [4.69, 9.17) is 11.1 Å². The molecule has 1 unspecified atom stereocenters. The minimum Gasteiger partial charge on any atom is -0.384 e. The largest absolute Gasteiger partial charge is 0.384 e. The summed E-state index contributed by atoms with van der Waals surface area (Å²) in [6.45, 7) is 5.16. The van der Waals surface area contributed by atoms with E-state index in [9.17, 15) is 4.79 Å². The Labute approximate surface area is 208 Å². The van der Waals surface area contributed by atoms with Crippen molar-refractivity contribution in [3.63, 3.8) is 0 Å². The van der Waals surface area contributed by atoms with Gasteiger partial charge in [0.25, 0.3) is 0 Å². The number of amides is 1. The first-order chi connectivity index (χ1) is 16.9. The number of benzene rings is 3. The Hall–Kier alpha value is -3.60. The summed E-state index contributed by atoms with van der Waals surface area (Å²) in [6.07, 6.45) is 4.41. The first-order valence-electron chi connectivity index (χ1n) is 12.6. The zero-order valence-electron chi connectivity index (χ0n) is 20.6. The first kappa shape index (κ1) is 23.2. The van der Waals surface area contributed by atoms with Gasteiger partial charge in [0.2, 0.25) is 5.91 Å². The number of nitrogen functional groups attached to an aromatic ring is 1. The number of para-hydroxylation sites is 1. The van der Waals surface area contributed by atoms with Crippen LogP contribution in [-0.4, -0.2) is 23.8 Å². The molecule has 0 spiro atoms. The van der Waals surface area contributed by atoms with Crippen LogP contribution in [-0.2, 0) is 17.8 Å². The Kier molecular flexibility index (Phi) is 6.33. The molecule has 3 aromatic carbocycles. The molecule has 3 aromatic rings. The van der Waals surface area contributed by atoms with Gasteiger partial charge in [-0.2, -0.15) is 0 Å². The lowest BCUT2D eigenvalue weighted by molar-refractivity contribution is -0.120. The molecule has 3 atom stereocenters. The van der Waals surface area contributed by atoms with Crippen molar-refractivity contribution in [1.29, 1.82) is 5.41 Å². The van der Waals surface area contributed by atoms with E-state index in [0.29, 0.717) is 30.6 Å². The number of amidine groups is 1. The van der Waals surface area contributed by atoms with Crippen LogP contribution < -0.4 is 15.5 Å². The molecule has 0 aliphatic carbocycles. The highest BCUT2D eigenvalue weighted by Crippen LogP contribution is 2.37. The summed E-state index contributed by atoms with van der Waals surface area (Å²) in [6, 6.07) is 25.6. The van der Waals surface area contributed by atoms with Gasteiger partial charge in [-0.25, -0.2) is 0 Å². The lowest BCUT2D eigenvalue weighted by Crippen LogP contribution is -2.43. The number of hydrogen-bond acceptors (Lipinski definition) is 3. The third-order valence-corrected chi connectivity index (χ3v) is 7.64. The zero-order valence-corrected chi connectivity index (χ0v) is 20.6. The summed E-state index contributed by atoms with van der Waals surface area (Å²) in [4.78, 5) is 18.3. The van der Waals surface area contributed by atoms with Gasteiger partial charge < -0.3 is 15.5 Å². The van der Waals surface area contributed by atoms with Crippen LogP contribution in [0.4, 0.5) is 11.4 Å². The smallest absolute Gasteiger partial charge is 0.235 e.